The van der Waals surface area contributed by atoms with Crippen LogP contribution >= 0.6 is 0 Å². The highest BCUT2D eigenvalue weighted by molar-refractivity contribution is 6.09. The highest BCUT2D eigenvalue weighted by Crippen LogP contribution is 2.29. The lowest BCUT2D eigenvalue weighted by Gasteiger charge is -2.35. The van der Waals surface area contributed by atoms with Crippen LogP contribution in [0.15, 0.2) is 54.6 Å². The topological polar surface area (TPSA) is 55.1 Å². The number of nitrogens with two attached hydrogens (primary N) is 1. The zero-order chi connectivity index (χ0) is 15.7. The zero-order valence-corrected chi connectivity index (χ0v) is 12.9. The number of hydrogen-bond acceptors (Lipinski definition) is 3. The Labute approximate surface area is 130 Å². The number of ketones is 1. The molecule has 0 spiro atoms. The predicted molar refractivity (Wildman–Crippen MR) is 90.5 cm³/mol. The van der Waals surface area contributed by atoms with Gasteiger partial charge in [-0.2, -0.15) is 0 Å². The van der Waals surface area contributed by atoms with Crippen LogP contribution in [0.25, 0.3) is 5.70 Å². The van der Waals surface area contributed by atoms with E-state index in [-0.39, 0.29) is 11.3 Å². The van der Waals surface area contributed by atoms with E-state index in [0.29, 0.717) is 11.3 Å². The summed E-state index contributed by atoms with van der Waals surface area (Å²) >= 11 is 0. The van der Waals surface area contributed by atoms with Gasteiger partial charge in [0.15, 0.2) is 5.78 Å². The van der Waals surface area contributed by atoms with Gasteiger partial charge in [0, 0.05) is 34.1 Å². The molecule has 0 unspecified atom stereocenters. The van der Waals surface area contributed by atoms with Gasteiger partial charge in [0.1, 0.15) is 0 Å². The molecule has 1 aliphatic rings. The summed E-state index contributed by atoms with van der Waals surface area (Å²) in [6, 6.07) is 15.3. The first kappa shape index (κ1) is 14.4. The van der Waals surface area contributed by atoms with E-state index >= 15 is 0 Å². The van der Waals surface area contributed by atoms with Crippen LogP contribution in [-0.4, -0.2) is 11.3 Å². The van der Waals surface area contributed by atoms with Crippen molar-refractivity contribution >= 4 is 17.2 Å². The smallest absolute Gasteiger partial charge is 0.187 e. The SMILES string of the molecule is CC1(C)Cc2ccccc2C(=CC(=O)c2cccc(N)c2)N1. The number of fused-ring (bicyclic) bond motifs is 1. The first-order valence-corrected chi connectivity index (χ1v) is 7.43. The quantitative estimate of drug-likeness (QED) is 0.506. The van der Waals surface area contributed by atoms with Crippen LogP contribution in [0.3, 0.4) is 0 Å². The molecule has 0 saturated heterocycles. The van der Waals surface area contributed by atoms with E-state index < -0.39 is 0 Å². The van der Waals surface area contributed by atoms with Gasteiger partial charge in [0.25, 0.3) is 0 Å². The molecule has 1 aliphatic heterocycles. The van der Waals surface area contributed by atoms with Gasteiger partial charge < -0.3 is 11.1 Å². The fraction of sp³-hybridized carbons (Fsp3) is 0.211. The minimum Gasteiger partial charge on any atom is -0.399 e. The Bertz CT molecular complexity index is 760. The second-order valence-electron chi connectivity index (χ2n) is 6.39. The minimum atomic E-state index is -0.0732. The van der Waals surface area contributed by atoms with Gasteiger partial charge in [0.2, 0.25) is 0 Å². The molecular weight excluding hydrogens is 272 g/mol. The van der Waals surface area contributed by atoms with Crippen molar-refractivity contribution < 1.29 is 4.79 Å². The molecule has 22 heavy (non-hydrogen) atoms. The number of nitrogens with one attached hydrogen (secondary N) is 1. The number of allylic oxidation sites excluding steroid dienone is 1. The number of anilines is 1. The summed E-state index contributed by atoms with van der Waals surface area (Å²) in [4.78, 5) is 12.5. The van der Waals surface area contributed by atoms with Crippen molar-refractivity contribution in [2.45, 2.75) is 25.8 Å². The summed E-state index contributed by atoms with van der Waals surface area (Å²) < 4.78 is 0. The van der Waals surface area contributed by atoms with E-state index in [1.807, 2.05) is 12.1 Å². The van der Waals surface area contributed by atoms with E-state index in [2.05, 4.69) is 31.3 Å². The second kappa shape index (κ2) is 5.34. The number of carbonyl (C=O) groups is 1. The summed E-state index contributed by atoms with van der Waals surface area (Å²) in [5.41, 5.74) is 10.1. The van der Waals surface area contributed by atoms with Gasteiger partial charge in [0.05, 0.1) is 0 Å². The fourth-order valence-corrected chi connectivity index (χ4v) is 2.91. The molecule has 0 bridgehead atoms. The lowest BCUT2D eigenvalue weighted by atomic mass is 9.85. The highest BCUT2D eigenvalue weighted by atomic mass is 16.1. The van der Waals surface area contributed by atoms with Crippen molar-refractivity contribution in [3.05, 3.63) is 71.3 Å². The van der Waals surface area contributed by atoms with Gasteiger partial charge in [-0.3, -0.25) is 4.79 Å². The normalized spacial score (nSPS) is 17.6. The zero-order valence-electron chi connectivity index (χ0n) is 12.9. The third kappa shape index (κ3) is 2.89. The van der Waals surface area contributed by atoms with Gasteiger partial charge >= 0.3 is 0 Å². The molecule has 3 rings (SSSR count). The average Bonchev–Trinajstić information content (AvgIpc) is 2.46. The molecule has 0 atom stereocenters. The highest BCUT2D eigenvalue weighted by Gasteiger charge is 2.27. The number of carbonyl (C=O) groups excluding carboxylic acids is 1. The van der Waals surface area contributed by atoms with Gasteiger partial charge in [-0.05, 0) is 38.0 Å². The standard InChI is InChI=1S/C19H20N2O/c1-19(2)12-14-6-3-4-9-16(14)17(21-19)11-18(22)13-7-5-8-15(20)10-13/h3-11,21H,12,20H2,1-2H3. The number of hydrogen-bond donors (Lipinski definition) is 2. The Morgan fingerprint density at radius 3 is 2.73 bits per heavy atom. The Morgan fingerprint density at radius 1 is 1.18 bits per heavy atom. The molecule has 112 valence electrons. The van der Waals surface area contributed by atoms with Crippen LogP contribution in [0, 0.1) is 0 Å². The summed E-state index contributed by atoms with van der Waals surface area (Å²) in [5, 5.41) is 3.47. The monoisotopic (exact) mass is 292 g/mol. The Kier molecular flexibility index (Phi) is 3.49. The van der Waals surface area contributed by atoms with E-state index in [1.54, 1.807) is 30.3 Å². The van der Waals surface area contributed by atoms with Crippen LogP contribution in [0.5, 0.6) is 0 Å². The van der Waals surface area contributed by atoms with Crippen molar-refractivity contribution in [2.75, 3.05) is 5.73 Å². The molecule has 3 N–H and O–H groups in total. The number of nitrogen functional groups attached to an aromatic ring is 1. The van der Waals surface area contributed by atoms with Crippen LogP contribution in [0.2, 0.25) is 0 Å². The Balaban J connectivity index is 2.01. The van der Waals surface area contributed by atoms with Crippen molar-refractivity contribution in [3.8, 4) is 0 Å². The van der Waals surface area contributed by atoms with E-state index in [9.17, 15) is 4.79 Å². The third-order valence-corrected chi connectivity index (χ3v) is 3.86. The Hall–Kier alpha value is -2.55. The second-order valence-corrected chi connectivity index (χ2v) is 6.39. The maximum Gasteiger partial charge on any atom is 0.187 e. The average molecular weight is 292 g/mol. The molecule has 0 fully saturated rings. The van der Waals surface area contributed by atoms with E-state index in [1.165, 1.54) is 5.56 Å². The molecule has 0 saturated carbocycles. The first-order chi connectivity index (χ1) is 10.4. The van der Waals surface area contributed by atoms with Crippen LogP contribution in [0.1, 0.15) is 35.3 Å². The molecule has 0 aliphatic carbocycles. The maximum absolute atomic E-state index is 12.5. The molecule has 3 heteroatoms. The van der Waals surface area contributed by atoms with Crippen LogP contribution < -0.4 is 11.1 Å². The van der Waals surface area contributed by atoms with Crippen molar-refractivity contribution in [1.29, 1.82) is 0 Å². The largest absolute Gasteiger partial charge is 0.399 e. The summed E-state index contributed by atoms with van der Waals surface area (Å²) in [7, 11) is 0. The molecule has 2 aromatic rings. The molecule has 3 nitrogen and oxygen atoms in total. The van der Waals surface area contributed by atoms with E-state index in [0.717, 1.165) is 17.7 Å². The van der Waals surface area contributed by atoms with Crippen molar-refractivity contribution in [3.63, 3.8) is 0 Å². The molecule has 1 heterocycles. The predicted octanol–water partition coefficient (Wildman–Crippen LogP) is 3.42. The minimum absolute atomic E-state index is 0.0395. The third-order valence-electron chi connectivity index (χ3n) is 3.86. The van der Waals surface area contributed by atoms with Crippen molar-refractivity contribution in [2.24, 2.45) is 0 Å². The fourth-order valence-electron chi connectivity index (χ4n) is 2.91. The van der Waals surface area contributed by atoms with Gasteiger partial charge in [-0.1, -0.05) is 36.4 Å². The van der Waals surface area contributed by atoms with E-state index in [4.69, 9.17) is 5.73 Å². The number of benzene rings is 2. The number of rotatable bonds is 2. The van der Waals surface area contributed by atoms with Gasteiger partial charge in [-0.25, -0.2) is 0 Å². The summed E-state index contributed by atoms with van der Waals surface area (Å²) in [6.45, 7) is 4.28. The molecular formula is C19H20N2O. The van der Waals surface area contributed by atoms with Gasteiger partial charge in [-0.15, -0.1) is 0 Å². The molecule has 0 aromatic heterocycles. The summed E-state index contributed by atoms with van der Waals surface area (Å²) in [5.74, 6) is -0.0395. The molecule has 0 amide bonds. The molecule has 0 radical (unpaired) electrons. The van der Waals surface area contributed by atoms with Crippen LogP contribution in [0.4, 0.5) is 5.69 Å². The maximum atomic E-state index is 12.5. The first-order valence-electron chi connectivity index (χ1n) is 7.43. The molecule has 2 aromatic carbocycles. The summed E-state index contributed by atoms with van der Waals surface area (Å²) in [6.07, 6.45) is 2.61. The lowest BCUT2D eigenvalue weighted by molar-refractivity contribution is 0.104. The lowest BCUT2D eigenvalue weighted by Crippen LogP contribution is -2.43. The van der Waals surface area contributed by atoms with Crippen molar-refractivity contribution in [1.82, 2.24) is 5.32 Å². The van der Waals surface area contributed by atoms with Crippen LogP contribution in [-0.2, 0) is 6.42 Å². The Morgan fingerprint density at radius 2 is 1.95 bits per heavy atom.